The van der Waals surface area contributed by atoms with Gasteiger partial charge in [0, 0.05) is 43.6 Å². The van der Waals surface area contributed by atoms with E-state index in [-0.39, 0.29) is 30.4 Å². The highest BCUT2D eigenvalue weighted by atomic mass is 16.5. The lowest BCUT2D eigenvalue weighted by atomic mass is 10.0. The molecule has 0 bridgehead atoms. The zero-order valence-electron chi connectivity index (χ0n) is 21.4. The Hall–Kier alpha value is -3.52. The molecule has 0 spiro atoms. The van der Waals surface area contributed by atoms with Crippen LogP contribution in [0.5, 0.6) is 0 Å². The number of ether oxygens (including phenoxy) is 1. The van der Waals surface area contributed by atoms with Crippen molar-refractivity contribution in [2.75, 3.05) is 13.1 Å². The van der Waals surface area contributed by atoms with Crippen LogP contribution in [0.25, 0.3) is 11.4 Å². The van der Waals surface area contributed by atoms with Crippen LogP contribution < -0.4 is 5.32 Å². The van der Waals surface area contributed by atoms with Crippen LogP contribution in [0.15, 0.2) is 53.1 Å². The van der Waals surface area contributed by atoms with E-state index in [4.69, 9.17) is 9.26 Å². The summed E-state index contributed by atoms with van der Waals surface area (Å²) in [4.78, 5) is 31.4. The highest BCUT2D eigenvalue weighted by Crippen LogP contribution is 2.21. The van der Waals surface area contributed by atoms with E-state index < -0.39 is 0 Å². The first-order valence-electron chi connectivity index (χ1n) is 12.5. The number of nitrogens with one attached hydrogen (secondary N) is 1. The lowest BCUT2D eigenvalue weighted by Crippen LogP contribution is -2.48. The van der Waals surface area contributed by atoms with Crippen molar-refractivity contribution < 1.29 is 18.8 Å². The number of amides is 2. The van der Waals surface area contributed by atoms with Gasteiger partial charge in [-0.2, -0.15) is 4.98 Å². The molecule has 8 heteroatoms. The normalized spacial score (nSPS) is 17.9. The Morgan fingerprint density at radius 3 is 2.33 bits per heavy atom. The minimum absolute atomic E-state index is 0.00220. The molecule has 1 fully saturated rings. The van der Waals surface area contributed by atoms with Gasteiger partial charge in [0.15, 0.2) is 0 Å². The van der Waals surface area contributed by atoms with Crippen LogP contribution in [0.3, 0.4) is 0 Å². The number of rotatable bonds is 8. The smallest absolute Gasteiger partial charge is 0.254 e. The Kier molecular flexibility index (Phi) is 8.15. The van der Waals surface area contributed by atoms with Crippen molar-refractivity contribution in [3.05, 3.63) is 71.1 Å². The van der Waals surface area contributed by atoms with E-state index in [2.05, 4.69) is 41.4 Å². The van der Waals surface area contributed by atoms with Crippen molar-refractivity contribution >= 4 is 11.8 Å². The number of nitrogens with zero attached hydrogens (tertiary/aromatic N) is 3. The first-order valence-corrected chi connectivity index (χ1v) is 12.5. The SMILES string of the molecule is CC1CN(C(=O)c2ccc(CNC(=O)CCc3nc(-c4ccc(C(C)C)cc4)no3)cc2)CC(C)O1. The zero-order valence-corrected chi connectivity index (χ0v) is 21.4. The monoisotopic (exact) mass is 490 g/mol. The van der Waals surface area contributed by atoms with E-state index in [9.17, 15) is 9.59 Å². The molecule has 0 aliphatic carbocycles. The summed E-state index contributed by atoms with van der Waals surface area (Å²) in [5.74, 6) is 1.32. The third-order valence-corrected chi connectivity index (χ3v) is 6.27. The highest BCUT2D eigenvalue weighted by molar-refractivity contribution is 5.94. The largest absolute Gasteiger partial charge is 0.372 e. The molecule has 4 rings (SSSR count). The molecule has 2 aromatic carbocycles. The Balaban J connectivity index is 1.23. The molecule has 1 N–H and O–H groups in total. The van der Waals surface area contributed by atoms with Crippen LogP contribution in [-0.4, -0.2) is 52.2 Å². The zero-order chi connectivity index (χ0) is 25.7. The van der Waals surface area contributed by atoms with E-state index in [1.807, 2.05) is 55.1 Å². The maximum Gasteiger partial charge on any atom is 0.254 e. The summed E-state index contributed by atoms with van der Waals surface area (Å²) in [6, 6.07) is 15.5. The molecule has 3 aromatic rings. The van der Waals surface area contributed by atoms with Gasteiger partial charge in [-0.3, -0.25) is 9.59 Å². The molecule has 1 aliphatic heterocycles. The van der Waals surface area contributed by atoms with Gasteiger partial charge < -0.3 is 19.5 Å². The summed E-state index contributed by atoms with van der Waals surface area (Å²) in [7, 11) is 0. The Morgan fingerprint density at radius 2 is 1.69 bits per heavy atom. The fourth-order valence-corrected chi connectivity index (χ4v) is 4.29. The number of hydrogen-bond donors (Lipinski definition) is 1. The summed E-state index contributed by atoms with van der Waals surface area (Å²) in [6.07, 6.45) is 0.675. The fourth-order valence-electron chi connectivity index (χ4n) is 4.29. The Labute approximate surface area is 212 Å². The van der Waals surface area contributed by atoms with Crippen LogP contribution in [0, 0.1) is 0 Å². The predicted octanol–water partition coefficient (Wildman–Crippen LogP) is 4.36. The molecule has 2 unspecified atom stereocenters. The summed E-state index contributed by atoms with van der Waals surface area (Å²) < 4.78 is 11.0. The van der Waals surface area contributed by atoms with Gasteiger partial charge in [0.25, 0.3) is 5.91 Å². The van der Waals surface area contributed by atoms with Gasteiger partial charge in [0.1, 0.15) is 0 Å². The van der Waals surface area contributed by atoms with Crippen molar-refractivity contribution in [2.24, 2.45) is 0 Å². The summed E-state index contributed by atoms with van der Waals surface area (Å²) in [6.45, 7) is 9.82. The fraction of sp³-hybridized carbons (Fsp3) is 0.429. The topological polar surface area (TPSA) is 97.6 Å². The van der Waals surface area contributed by atoms with E-state index in [0.29, 0.717) is 49.3 Å². The maximum absolute atomic E-state index is 12.8. The van der Waals surface area contributed by atoms with E-state index in [0.717, 1.165) is 11.1 Å². The number of aryl methyl sites for hydroxylation is 1. The predicted molar refractivity (Wildman–Crippen MR) is 136 cm³/mol. The Morgan fingerprint density at radius 1 is 1.03 bits per heavy atom. The first-order chi connectivity index (χ1) is 17.3. The minimum atomic E-state index is -0.104. The molecule has 36 heavy (non-hydrogen) atoms. The van der Waals surface area contributed by atoms with Crippen molar-refractivity contribution in [3.63, 3.8) is 0 Å². The van der Waals surface area contributed by atoms with Gasteiger partial charge in [0.2, 0.25) is 17.6 Å². The van der Waals surface area contributed by atoms with Gasteiger partial charge in [-0.25, -0.2) is 0 Å². The highest BCUT2D eigenvalue weighted by Gasteiger charge is 2.26. The Bertz CT molecular complexity index is 1160. The van der Waals surface area contributed by atoms with Gasteiger partial charge in [-0.1, -0.05) is 55.4 Å². The van der Waals surface area contributed by atoms with Crippen LogP contribution >= 0.6 is 0 Å². The minimum Gasteiger partial charge on any atom is -0.372 e. The molecule has 8 nitrogen and oxygen atoms in total. The molecule has 2 heterocycles. The van der Waals surface area contributed by atoms with Crippen molar-refractivity contribution in [2.45, 2.75) is 65.2 Å². The third-order valence-electron chi connectivity index (χ3n) is 6.27. The van der Waals surface area contributed by atoms with Crippen molar-refractivity contribution in [3.8, 4) is 11.4 Å². The van der Waals surface area contributed by atoms with Crippen molar-refractivity contribution in [1.82, 2.24) is 20.4 Å². The lowest BCUT2D eigenvalue weighted by molar-refractivity contribution is -0.121. The van der Waals surface area contributed by atoms with Gasteiger partial charge in [0.05, 0.1) is 12.2 Å². The van der Waals surface area contributed by atoms with Gasteiger partial charge >= 0.3 is 0 Å². The second-order valence-electron chi connectivity index (χ2n) is 9.73. The first kappa shape index (κ1) is 25.6. The molecule has 2 atom stereocenters. The average molecular weight is 491 g/mol. The number of benzene rings is 2. The second-order valence-corrected chi connectivity index (χ2v) is 9.73. The number of carbonyl (C=O) groups excluding carboxylic acids is 2. The quantitative estimate of drug-likeness (QED) is 0.504. The molecule has 1 aromatic heterocycles. The summed E-state index contributed by atoms with van der Waals surface area (Å²) in [5, 5.41) is 6.95. The van der Waals surface area contributed by atoms with Crippen LogP contribution in [-0.2, 0) is 22.5 Å². The van der Waals surface area contributed by atoms with Crippen molar-refractivity contribution in [1.29, 1.82) is 0 Å². The summed E-state index contributed by atoms with van der Waals surface area (Å²) >= 11 is 0. The second kappa shape index (κ2) is 11.5. The van der Waals surface area contributed by atoms with Crippen LogP contribution in [0.1, 0.15) is 67.4 Å². The van der Waals surface area contributed by atoms with Gasteiger partial charge in [-0.15, -0.1) is 0 Å². The molecule has 1 aliphatic rings. The average Bonchev–Trinajstić information content (AvgIpc) is 3.35. The standard InChI is InChI=1S/C28H34N4O4/c1-18(2)22-9-11-23(12-10-22)27-30-26(36-31-27)14-13-25(33)29-15-21-5-7-24(8-6-21)28(34)32-16-19(3)35-20(4)17-32/h5-12,18-20H,13-17H2,1-4H3,(H,29,33). The van der Waals surface area contributed by atoms with E-state index in [1.54, 1.807) is 0 Å². The molecule has 1 saturated heterocycles. The summed E-state index contributed by atoms with van der Waals surface area (Å²) in [5.41, 5.74) is 3.70. The molecule has 0 saturated carbocycles. The van der Waals surface area contributed by atoms with Crippen LogP contribution in [0.2, 0.25) is 0 Å². The van der Waals surface area contributed by atoms with E-state index in [1.165, 1.54) is 5.56 Å². The van der Waals surface area contributed by atoms with E-state index >= 15 is 0 Å². The molecule has 0 radical (unpaired) electrons. The number of hydrogen-bond acceptors (Lipinski definition) is 6. The lowest BCUT2D eigenvalue weighted by Gasteiger charge is -2.35. The molecule has 2 amide bonds. The number of morpholine rings is 1. The molecule has 190 valence electrons. The molecular formula is C28H34N4O4. The third kappa shape index (κ3) is 6.57. The van der Waals surface area contributed by atoms with Gasteiger partial charge in [-0.05, 0) is 43.0 Å². The molecular weight excluding hydrogens is 456 g/mol. The van der Waals surface area contributed by atoms with Crippen LogP contribution in [0.4, 0.5) is 0 Å². The number of carbonyl (C=O) groups is 2. The number of aromatic nitrogens is 2. The maximum atomic E-state index is 12.8.